The first kappa shape index (κ1) is 9.59. The zero-order valence-corrected chi connectivity index (χ0v) is 9.28. The average molecular weight is 209 g/mol. The Hall–Kier alpha value is -0.960. The van der Waals surface area contributed by atoms with Gasteiger partial charge >= 0.3 is 0 Å². The molecule has 0 atom stereocenters. The van der Waals surface area contributed by atoms with Crippen molar-refractivity contribution in [3.05, 3.63) is 29.0 Å². The summed E-state index contributed by atoms with van der Waals surface area (Å²) in [6, 6.07) is 4.76. The first-order chi connectivity index (χ1) is 6.47. The van der Waals surface area contributed by atoms with Crippen molar-refractivity contribution in [2.45, 2.75) is 26.2 Å². The Balaban J connectivity index is 2.63. The summed E-state index contributed by atoms with van der Waals surface area (Å²) >= 11 is 1.64. The van der Waals surface area contributed by atoms with E-state index in [2.05, 4.69) is 25.8 Å². The van der Waals surface area contributed by atoms with Crippen molar-refractivity contribution in [2.24, 2.45) is 0 Å². The third-order valence-corrected chi connectivity index (χ3v) is 3.45. The lowest BCUT2D eigenvalue weighted by Crippen LogP contribution is -2.09. The number of aromatic nitrogens is 1. The van der Waals surface area contributed by atoms with E-state index >= 15 is 0 Å². The molecular weight excluding hydrogens is 197 g/mol. The van der Waals surface area contributed by atoms with Gasteiger partial charge in [0.25, 0.3) is 0 Å². The minimum Gasteiger partial charge on any atom is -0.241 e. The maximum absolute atomic E-state index is 12.9. The molecule has 0 radical (unpaired) electrons. The van der Waals surface area contributed by atoms with E-state index in [4.69, 9.17) is 0 Å². The molecule has 3 heteroatoms. The van der Waals surface area contributed by atoms with Crippen molar-refractivity contribution in [3.63, 3.8) is 0 Å². The zero-order chi connectivity index (χ0) is 10.3. The first-order valence-corrected chi connectivity index (χ1v) is 5.35. The molecular formula is C11H12FNS. The molecule has 0 spiro atoms. The topological polar surface area (TPSA) is 12.9 Å². The average Bonchev–Trinajstić information content (AvgIpc) is 2.45. The minimum atomic E-state index is -0.219. The lowest BCUT2D eigenvalue weighted by molar-refractivity contribution is 0.586. The fourth-order valence-electron chi connectivity index (χ4n) is 1.22. The van der Waals surface area contributed by atoms with Gasteiger partial charge in [0.15, 0.2) is 0 Å². The van der Waals surface area contributed by atoms with Crippen LogP contribution in [0.1, 0.15) is 25.8 Å². The van der Waals surface area contributed by atoms with Gasteiger partial charge < -0.3 is 0 Å². The predicted molar refractivity (Wildman–Crippen MR) is 58.3 cm³/mol. The fourth-order valence-corrected chi connectivity index (χ4v) is 2.23. The number of benzene rings is 1. The number of halogens is 1. The molecule has 0 aliphatic carbocycles. The van der Waals surface area contributed by atoms with Crippen LogP contribution in [-0.2, 0) is 5.41 Å². The summed E-state index contributed by atoms with van der Waals surface area (Å²) in [4.78, 5) is 4.42. The summed E-state index contributed by atoms with van der Waals surface area (Å²) in [5.41, 5.74) is 0.806. The number of hydrogen-bond donors (Lipinski definition) is 0. The van der Waals surface area contributed by atoms with Crippen LogP contribution in [0.15, 0.2) is 18.2 Å². The van der Waals surface area contributed by atoms with Gasteiger partial charge in [-0.1, -0.05) is 20.8 Å². The molecule has 2 aromatic rings. The SMILES string of the molecule is CC(C)(C)c1nc2cc(F)ccc2s1. The van der Waals surface area contributed by atoms with E-state index in [-0.39, 0.29) is 11.2 Å². The maximum atomic E-state index is 12.9. The Morgan fingerprint density at radius 3 is 2.64 bits per heavy atom. The van der Waals surface area contributed by atoms with E-state index in [9.17, 15) is 4.39 Å². The molecule has 0 fully saturated rings. The van der Waals surface area contributed by atoms with Crippen LogP contribution in [0.4, 0.5) is 4.39 Å². The van der Waals surface area contributed by atoms with Crippen LogP contribution >= 0.6 is 11.3 Å². The number of hydrogen-bond acceptors (Lipinski definition) is 2. The van der Waals surface area contributed by atoms with Crippen LogP contribution in [-0.4, -0.2) is 4.98 Å². The third-order valence-electron chi connectivity index (χ3n) is 1.99. The summed E-state index contributed by atoms with van der Waals surface area (Å²) in [5.74, 6) is -0.219. The summed E-state index contributed by atoms with van der Waals surface area (Å²) in [6.45, 7) is 6.34. The highest BCUT2D eigenvalue weighted by Gasteiger charge is 2.18. The van der Waals surface area contributed by atoms with Crippen LogP contribution in [0.3, 0.4) is 0 Å². The van der Waals surface area contributed by atoms with Crippen molar-refractivity contribution in [2.75, 3.05) is 0 Å². The highest BCUT2D eigenvalue weighted by molar-refractivity contribution is 7.18. The maximum Gasteiger partial charge on any atom is 0.125 e. The Morgan fingerprint density at radius 1 is 1.29 bits per heavy atom. The molecule has 0 N–H and O–H groups in total. The van der Waals surface area contributed by atoms with E-state index in [0.717, 1.165) is 15.2 Å². The lowest BCUT2D eigenvalue weighted by Gasteiger charge is -2.13. The Kier molecular flexibility index (Phi) is 2.07. The number of rotatable bonds is 0. The molecule has 0 amide bonds. The van der Waals surface area contributed by atoms with Crippen molar-refractivity contribution in [3.8, 4) is 0 Å². The third kappa shape index (κ3) is 1.64. The molecule has 1 aromatic carbocycles. The molecule has 0 aliphatic heterocycles. The number of nitrogens with zero attached hydrogens (tertiary/aromatic N) is 1. The van der Waals surface area contributed by atoms with E-state index in [0.29, 0.717) is 0 Å². The van der Waals surface area contributed by atoms with E-state index < -0.39 is 0 Å². The molecule has 2 rings (SSSR count). The van der Waals surface area contributed by atoms with E-state index in [1.807, 2.05) is 0 Å². The molecule has 0 saturated carbocycles. The van der Waals surface area contributed by atoms with Crippen molar-refractivity contribution in [1.82, 2.24) is 4.98 Å². The van der Waals surface area contributed by atoms with Crippen LogP contribution < -0.4 is 0 Å². The van der Waals surface area contributed by atoms with Gasteiger partial charge in [-0.3, -0.25) is 0 Å². The second-order valence-corrected chi connectivity index (χ2v) is 5.41. The molecule has 1 aromatic heterocycles. The highest BCUT2D eigenvalue weighted by atomic mass is 32.1. The molecule has 0 bridgehead atoms. The molecule has 0 aliphatic rings. The summed E-state index contributed by atoms with van der Waals surface area (Å²) in [6.07, 6.45) is 0. The number of fused-ring (bicyclic) bond motifs is 1. The van der Waals surface area contributed by atoms with Crippen molar-refractivity contribution >= 4 is 21.6 Å². The van der Waals surface area contributed by atoms with E-state index in [1.165, 1.54) is 12.1 Å². The molecule has 0 saturated heterocycles. The Bertz CT molecular complexity index is 468. The zero-order valence-electron chi connectivity index (χ0n) is 8.47. The molecule has 74 valence electrons. The van der Waals surface area contributed by atoms with Gasteiger partial charge in [-0.25, -0.2) is 9.37 Å². The van der Waals surface area contributed by atoms with Gasteiger partial charge in [-0.2, -0.15) is 0 Å². The standard InChI is InChI=1S/C11H12FNS/c1-11(2,3)10-13-8-6-7(12)4-5-9(8)14-10/h4-6H,1-3H3. The predicted octanol–water partition coefficient (Wildman–Crippen LogP) is 3.73. The Labute approximate surface area is 86.6 Å². The highest BCUT2D eigenvalue weighted by Crippen LogP contribution is 2.31. The fraction of sp³-hybridized carbons (Fsp3) is 0.364. The van der Waals surface area contributed by atoms with Crippen molar-refractivity contribution in [1.29, 1.82) is 0 Å². The second-order valence-electron chi connectivity index (χ2n) is 4.38. The number of thiazole rings is 1. The van der Waals surface area contributed by atoms with E-state index in [1.54, 1.807) is 17.4 Å². The monoisotopic (exact) mass is 209 g/mol. The van der Waals surface area contributed by atoms with Crippen LogP contribution in [0.5, 0.6) is 0 Å². The molecule has 0 unspecified atom stereocenters. The first-order valence-electron chi connectivity index (χ1n) is 4.53. The minimum absolute atomic E-state index is 0.0418. The lowest BCUT2D eigenvalue weighted by atomic mass is 9.98. The van der Waals surface area contributed by atoms with Gasteiger partial charge in [-0.15, -0.1) is 11.3 Å². The van der Waals surface area contributed by atoms with Crippen molar-refractivity contribution < 1.29 is 4.39 Å². The summed E-state index contributed by atoms with van der Waals surface area (Å²) < 4.78 is 14.0. The second kappa shape index (κ2) is 3.02. The van der Waals surface area contributed by atoms with Gasteiger partial charge in [0.05, 0.1) is 15.2 Å². The van der Waals surface area contributed by atoms with Crippen LogP contribution in [0.2, 0.25) is 0 Å². The molecule has 14 heavy (non-hydrogen) atoms. The molecule has 1 nitrogen and oxygen atoms in total. The van der Waals surface area contributed by atoms with Gasteiger partial charge in [0.1, 0.15) is 5.82 Å². The Morgan fingerprint density at radius 2 is 2.00 bits per heavy atom. The summed E-state index contributed by atoms with van der Waals surface area (Å²) in [7, 11) is 0. The quantitative estimate of drug-likeness (QED) is 0.644. The van der Waals surface area contributed by atoms with Crippen LogP contribution in [0.25, 0.3) is 10.2 Å². The van der Waals surface area contributed by atoms with Gasteiger partial charge in [0, 0.05) is 11.5 Å². The summed E-state index contributed by atoms with van der Waals surface area (Å²) in [5, 5.41) is 1.05. The molecule has 1 heterocycles. The van der Waals surface area contributed by atoms with Gasteiger partial charge in [0.2, 0.25) is 0 Å². The normalized spacial score (nSPS) is 12.3. The van der Waals surface area contributed by atoms with Crippen LogP contribution in [0, 0.1) is 5.82 Å². The smallest absolute Gasteiger partial charge is 0.125 e. The van der Waals surface area contributed by atoms with Gasteiger partial charge in [-0.05, 0) is 12.1 Å². The largest absolute Gasteiger partial charge is 0.241 e.